The van der Waals surface area contributed by atoms with Gasteiger partial charge in [0.05, 0.1) is 18.1 Å². The van der Waals surface area contributed by atoms with Crippen LogP contribution in [0.1, 0.15) is 29.1 Å². The number of ketones is 1. The minimum atomic E-state index is 0.0130. The van der Waals surface area contributed by atoms with Crippen LogP contribution in [0.3, 0.4) is 0 Å². The number of hydrogen-bond donors (Lipinski definition) is 0. The van der Waals surface area contributed by atoms with E-state index in [1.165, 1.54) is 11.3 Å². The van der Waals surface area contributed by atoms with Crippen molar-refractivity contribution in [1.82, 2.24) is 0 Å². The van der Waals surface area contributed by atoms with Gasteiger partial charge in [-0.2, -0.15) is 0 Å². The first-order valence-electron chi connectivity index (χ1n) is 6.24. The van der Waals surface area contributed by atoms with Crippen LogP contribution in [-0.2, 0) is 0 Å². The summed E-state index contributed by atoms with van der Waals surface area (Å²) in [7, 11) is 0. The molecule has 0 bridgehead atoms. The molecule has 0 aliphatic carbocycles. The lowest BCUT2D eigenvalue weighted by Gasteiger charge is -2.11. The minimum absolute atomic E-state index is 0.0130. The fourth-order valence-corrected chi connectivity index (χ4v) is 2.43. The molecule has 1 aromatic heterocycles. The molecule has 100 valence electrons. The zero-order valence-corrected chi connectivity index (χ0v) is 11.8. The predicted molar refractivity (Wildman–Crippen MR) is 76.5 cm³/mol. The molecule has 0 saturated carbocycles. The molecule has 4 heteroatoms. The van der Waals surface area contributed by atoms with Gasteiger partial charge in [-0.15, -0.1) is 11.3 Å². The summed E-state index contributed by atoms with van der Waals surface area (Å²) in [6.45, 7) is 4.93. The SMILES string of the molecule is CCOc1ccc(C(=O)c2cccs2)cc1OCC. The average molecular weight is 276 g/mol. The van der Waals surface area contributed by atoms with E-state index in [0.717, 1.165) is 4.88 Å². The third kappa shape index (κ3) is 3.15. The van der Waals surface area contributed by atoms with E-state index < -0.39 is 0 Å². The topological polar surface area (TPSA) is 35.5 Å². The summed E-state index contributed by atoms with van der Waals surface area (Å²) in [4.78, 5) is 13.0. The van der Waals surface area contributed by atoms with Gasteiger partial charge in [0.25, 0.3) is 0 Å². The number of rotatable bonds is 6. The third-order valence-corrected chi connectivity index (χ3v) is 3.42. The minimum Gasteiger partial charge on any atom is -0.490 e. The highest BCUT2D eigenvalue weighted by Gasteiger charge is 2.13. The van der Waals surface area contributed by atoms with Crippen molar-refractivity contribution in [3.05, 3.63) is 46.2 Å². The van der Waals surface area contributed by atoms with E-state index in [4.69, 9.17) is 9.47 Å². The van der Waals surface area contributed by atoms with Crippen molar-refractivity contribution >= 4 is 17.1 Å². The maximum Gasteiger partial charge on any atom is 0.203 e. The summed E-state index contributed by atoms with van der Waals surface area (Å²) in [5.41, 5.74) is 0.620. The normalized spacial score (nSPS) is 10.2. The molecule has 0 saturated heterocycles. The summed E-state index contributed by atoms with van der Waals surface area (Å²) in [5.74, 6) is 1.30. The van der Waals surface area contributed by atoms with Crippen LogP contribution >= 0.6 is 11.3 Å². The van der Waals surface area contributed by atoms with E-state index in [0.29, 0.717) is 30.3 Å². The first kappa shape index (κ1) is 13.6. The molecule has 0 atom stereocenters. The Morgan fingerprint density at radius 3 is 2.47 bits per heavy atom. The van der Waals surface area contributed by atoms with Gasteiger partial charge in [-0.3, -0.25) is 4.79 Å². The van der Waals surface area contributed by atoms with Gasteiger partial charge in [-0.05, 0) is 43.5 Å². The number of thiophene rings is 1. The third-order valence-electron chi connectivity index (χ3n) is 2.55. The number of hydrogen-bond acceptors (Lipinski definition) is 4. The van der Waals surface area contributed by atoms with Crippen LogP contribution in [0, 0.1) is 0 Å². The highest BCUT2D eigenvalue weighted by Crippen LogP contribution is 2.29. The maximum atomic E-state index is 12.2. The second kappa shape index (κ2) is 6.38. The zero-order valence-electron chi connectivity index (χ0n) is 11.0. The quantitative estimate of drug-likeness (QED) is 0.753. The molecule has 3 nitrogen and oxygen atoms in total. The zero-order chi connectivity index (χ0) is 13.7. The molecule has 2 aromatic rings. The lowest BCUT2D eigenvalue weighted by atomic mass is 10.1. The number of carbonyl (C=O) groups is 1. The van der Waals surface area contributed by atoms with Crippen molar-refractivity contribution in [2.24, 2.45) is 0 Å². The average Bonchev–Trinajstić information content (AvgIpc) is 2.94. The molecular formula is C15H16O3S. The smallest absolute Gasteiger partial charge is 0.203 e. The molecule has 0 aliphatic rings. The van der Waals surface area contributed by atoms with Crippen molar-refractivity contribution < 1.29 is 14.3 Å². The molecule has 2 rings (SSSR count). The van der Waals surface area contributed by atoms with E-state index in [9.17, 15) is 4.79 Å². The molecule has 0 fully saturated rings. The van der Waals surface area contributed by atoms with Crippen molar-refractivity contribution in [2.75, 3.05) is 13.2 Å². The Labute approximate surface area is 116 Å². The van der Waals surface area contributed by atoms with Crippen LogP contribution in [0.4, 0.5) is 0 Å². The summed E-state index contributed by atoms with van der Waals surface area (Å²) in [6.07, 6.45) is 0. The van der Waals surface area contributed by atoms with E-state index in [2.05, 4.69) is 0 Å². The monoisotopic (exact) mass is 276 g/mol. The van der Waals surface area contributed by atoms with Crippen LogP contribution in [0.15, 0.2) is 35.7 Å². The van der Waals surface area contributed by atoms with Gasteiger partial charge in [0, 0.05) is 5.56 Å². The van der Waals surface area contributed by atoms with E-state index >= 15 is 0 Å². The molecule has 1 aromatic carbocycles. The second-order valence-corrected chi connectivity index (χ2v) is 4.78. The largest absolute Gasteiger partial charge is 0.490 e. The molecule has 0 N–H and O–H groups in total. The highest BCUT2D eigenvalue weighted by atomic mass is 32.1. The van der Waals surface area contributed by atoms with Gasteiger partial charge < -0.3 is 9.47 Å². The maximum absolute atomic E-state index is 12.2. The Morgan fingerprint density at radius 1 is 1.11 bits per heavy atom. The van der Waals surface area contributed by atoms with Crippen molar-refractivity contribution in [1.29, 1.82) is 0 Å². The number of ether oxygens (including phenoxy) is 2. The Bertz CT molecular complexity index is 547. The molecular weight excluding hydrogens is 260 g/mol. The van der Waals surface area contributed by atoms with Gasteiger partial charge in [0.15, 0.2) is 11.5 Å². The molecule has 0 unspecified atom stereocenters. The summed E-state index contributed by atoms with van der Waals surface area (Å²) < 4.78 is 11.0. The first-order chi connectivity index (χ1) is 9.26. The lowest BCUT2D eigenvalue weighted by Crippen LogP contribution is -2.03. The van der Waals surface area contributed by atoms with Gasteiger partial charge >= 0.3 is 0 Å². The molecule has 0 spiro atoms. The van der Waals surface area contributed by atoms with Crippen molar-refractivity contribution in [2.45, 2.75) is 13.8 Å². The Kier molecular flexibility index (Phi) is 4.58. The van der Waals surface area contributed by atoms with Crippen molar-refractivity contribution in [3.8, 4) is 11.5 Å². The van der Waals surface area contributed by atoms with Gasteiger partial charge in [-0.1, -0.05) is 6.07 Å². The highest BCUT2D eigenvalue weighted by molar-refractivity contribution is 7.12. The number of benzene rings is 1. The van der Waals surface area contributed by atoms with Crippen LogP contribution in [0.25, 0.3) is 0 Å². The lowest BCUT2D eigenvalue weighted by molar-refractivity contribution is 0.104. The van der Waals surface area contributed by atoms with E-state index in [1.54, 1.807) is 18.2 Å². The molecule has 0 radical (unpaired) electrons. The fraction of sp³-hybridized carbons (Fsp3) is 0.267. The van der Waals surface area contributed by atoms with E-state index in [-0.39, 0.29) is 5.78 Å². The van der Waals surface area contributed by atoms with Crippen LogP contribution in [-0.4, -0.2) is 19.0 Å². The van der Waals surface area contributed by atoms with Crippen LogP contribution < -0.4 is 9.47 Å². The fourth-order valence-electron chi connectivity index (χ4n) is 1.74. The standard InChI is InChI=1S/C15H16O3S/c1-3-17-12-8-7-11(10-13(12)18-4-2)15(16)14-6-5-9-19-14/h5-10H,3-4H2,1-2H3. The second-order valence-electron chi connectivity index (χ2n) is 3.83. The summed E-state index contributed by atoms with van der Waals surface area (Å²) >= 11 is 1.44. The molecule has 19 heavy (non-hydrogen) atoms. The first-order valence-corrected chi connectivity index (χ1v) is 7.12. The van der Waals surface area contributed by atoms with Gasteiger partial charge in [-0.25, -0.2) is 0 Å². The number of carbonyl (C=O) groups excluding carboxylic acids is 1. The van der Waals surface area contributed by atoms with E-state index in [1.807, 2.05) is 31.4 Å². The Balaban J connectivity index is 2.32. The van der Waals surface area contributed by atoms with Crippen molar-refractivity contribution in [3.63, 3.8) is 0 Å². The van der Waals surface area contributed by atoms with Gasteiger partial charge in [0.1, 0.15) is 0 Å². The van der Waals surface area contributed by atoms with Crippen LogP contribution in [0.2, 0.25) is 0 Å². The molecule has 0 amide bonds. The summed E-state index contributed by atoms with van der Waals surface area (Å²) in [6, 6.07) is 9.00. The Hall–Kier alpha value is -1.81. The molecule has 1 heterocycles. The molecule has 0 aliphatic heterocycles. The predicted octanol–water partition coefficient (Wildman–Crippen LogP) is 3.78. The van der Waals surface area contributed by atoms with Gasteiger partial charge in [0.2, 0.25) is 5.78 Å². The summed E-state index contributed by atoms with van der Waals surface area (Å²) in [5, 5.41) is 1.89. The Morgan fingerprint density at radius 2 is 1.84 bits per heavy atom. The van der Waals surface area contributed by atoms with Crippen LogP contribution in [0.5, 0.6) is 11.5 Å².